The number of aliphatic carboxylic acids is 1. The third-order valence-electron chi connectivity index (χ3n) is 10.5. The van der Waals surface area contributed by atoms with Crippen molar-refractivity contribution in [2.75, 3.05) is 57.9 Å². The number of carboxylic acids is 1. The summed E-state index contributed by atoms with van der Waals surface area (Å²) in [4.78, 5) is 44.7. The van der Waals surface area contributed by atoms with Gasteiger partial charge >= 0.3 is 5.97 Å². The maximum atomic E-state index is 15.5. The Labute approximate surface area is 289 Å². The number of ether oxygens (including phenoxy) is 1. The molecule has 2 N–H and O–H groups in total. The van der Waals surface area contributed by atoms with Gasteiger partial charge in [-0.2, -0.15) is 0 Å². The molecule has 10 nitrogen and oxygen atoms in total. The van der Waals surface area contributed by atoms with Crippen molar-refractivity contribution in [1.29, 1.82) is 0 Å². The highest BCUT2D eigenvalue weighted by atomic mass is 35.5. The number of nitrogens with zero attached hydrogens (tertiary/aromatic N) is 4. The number of rotatable bonds is 11. The molecule has 0 spiro atoms. The number of likely N-dealkylation sites (tertiary alicyclic amines) is 1. The highest BCUT2D eigenvalue weighted by molar-refractivity contribution is 6.34. The Morgan fingerprint density at radius 2 is 1.80 bits per heavy atom. The Hall–Kier alpha value is -3.58. The van der Waals surface area contributed by atoms with Crippen LogP contribution in [0.4, 0.5) is 14.5 Å². The van der Waals surface area contributed by atoms with E-state index in [2.05, 4.69) is 15.1 Å². The molecule has 264 valence electrons. The average molecular weight is 700 g/mol. The number of nitrogens with one attached hydrogen (secondary N) is 1. The van der Waals surface area contributed by atoms with Crippen molar-refractivity contribution in [2.24, 2.45) is 13.0 Å². The minimum Gasteiger partial charge on any atom is -0.481 e. The predicted molar refractivity (Wildman–Crippen MR) is 183 cm³/mol. The molecule has 3 aromatic rings. The lowest BCUT2D eigenvalue weighted by molar-refractivity contribution is -0.144. The molecule has 3 aliphatic rings. The molecule has 0 radical (unpaired) electrons. The number of alkyl halides is 1. The maximum absolute atomic E-state index is 15.5. The molecule has 3 fully saturated rings. The van der Waals surface area contributed by atoms with Gasteiger partial charge in [0.05, 0.1) is 47.4 Å². The fourth-order valence-corrected chi connectivity index (χ4v) is 7.84. The Balaban J connectivity index is 1.13. The smallest absolute Gasteiger partial charge is 0.306 e. The summed E-state index contributed by atoms with van der Waals surface area (Å²) in [5, 5.41) is 13.0. The Morgan fingerprint density at radius 1 is 1.06 bits per heavy atom. The van der Waals surface area contributed by atoms with Crippen LogP contribution in [-0.4, -0.2) is 113 Å². The van der Waals surface area contributed by atoms with Crippen LogP contribution in [0.5, 0.6) is 0 Å². The fraction of sp³-hybridized carbons (Fsp3) is 0.528. The lowest BCUT2D eigenvalue weighted by Crippen LogP contribution is -2.51. The van der Waals surface area contributed by atoms with Gasteiger partial charge in [-0.05, 0) is 55.9 Å². The van der Waals surface area contributed by atoms with Crippen molar-refractivity contribution in [2.45, 2.75) is 56.7 Å². The maximum Gasteiger partial charge on any atom is 0.306 e. The van der Waals surface area contributed by atoms with Crippen molar-refractivity contribution >= 4 is 46.0 Å². The quantitative estimate of drug-likeness (QED) is 0.291. The molecular weight excluding hydrogens is 656 g/mol. The number of carbonyl (C=O) groups is 3. The first-order valence-corrected chi connectivity index (χ1v) is 17.5. The van der Waals surface area contributed by atoms with Gasteiger partial charge < -0.3 is 24.6 Å². The molecule has 1 aromatic heterocycles. The number of aryl methyl sites for hydroxylation is 1. The molecule has 0 unspecified atom stereocenters. The van der Waals surface area contributed by atoms with Gasteiger partial charge in [-0.3, -0.25) is 24.2 Å². The summed E-state index contributed by atoms with van der Waals surface area (Å²) in [5.74, 6) is -2.43. The fourth-order valence-electron chi connectivity index (χ4n) is 7.61. The molecule has 6 rings (SSSR count). The van der Waals surface area contributed by atoms with Crippen LogP contribution >= 0.6 is 11.6 Å². The van der Waals surface area contributed by atoms with E-state index in [1.54, 1.807) is 11.1 Å². The Morgan fingerprint density at radius 3 is 2.51 bits per heavy atom. The summed E-state index contributed by atoms with van der Waals surface area (Å²) in [5.41, 5.74) is 1.57. The molecule has 2 aromatic carbocycles. The first-order valence-electron chi connectivity index (χ1n) is 17.1. The first-order chi connectivity index (χ1) is 23.6. The number of anilines is 1. The van der Waals surface area contributed by atoms with E-state index >= 15 is 4.39 Å². The Kier molecular flexibility index (Phi) is 11.2. The highest BCUT2D eigenvalue weighted by Crippen LogP contribution is 2.31. The van der Waals surface area contributed by atoms with E-state index in [0.717, 1.165) is 43.1 Å². The number of hydrogen-bond acceptors (Lipinski definition) is 6. The molecule has 3 heterocycles. The molecular formula is C36H44ClF2N5O5. The van der Waals surface area contributed by atoms with Crippen molar-refractivity contribution in [3.05, 3.63) is 64.6 Å². The minimum absolute atomic E-state index is 0.0660. The summed E-state index contributed by atoms with van der Waals surface area (Å²) in [6.45, 7) is 3.89. The van der Waals surface area contributed by atoms with Crippen molar-refractivity contribution in [3.8, 4) is 0 Å². The number of amides is 2. The van der Waals surface area contributed by atoms with Gasteiger partial charge in [0.15, 0.2) is 0 Å². The summed E-state index contributed by atoms with van der Waals surface area (Å²) in [7, 11) is 1.85. The average Bonchev–Trinajstić information content (AvgIpc) is 3.68. The van der Waals surface area contributed by atoms with Crippen LogP contribution in [0.2, 0.25) is 5.02 Å². The lowest BCUT2D eigenvalue weighted by atomic mass is 9.87. The number of carboxylic acid groups (broad SMARTS) is 1. The number of benzene rings is 2. The van der Waals surface area contributed by atoms with Gasteiger partial charge in [0.25, 0.3) is 5.91 Å². The first kappa shape index (κ1) is 35.3. The van der Waals surface area contributed by atoms with E-state index < -0.39 is 17.7 Å². The van der Waals surface area contributed by atoms with Gasteiger partial charge in [-0.1, -0.05) is 29.8 Å². The molecule has 2 amide bonds. The predicted octanol–water partition coefficient (Wildman–Crippen LogP) is 4.98. The molecule has 1 saturated carbocycles. The van der Waals surface area contributed by atoms with E-state index in [9.17, 15) is 23.9 Å². The number of aromatic nitrogens is 1. The minimum atomic E-state index is -0.770. The molecule has 1 aliphatic carbocycles. The molecule has 2 saturated heterocycles. The van der Waals surface area contributed by atoms with Crippen LogP contribution in [0.3, 0.4) is 0 Å². The number of halogens is 3. The monoisotopic (exact) mass is 699 g/mol. The molecule has 13 heteroatoms. The summed E-state index contributed by atoms with van der Waals surface area (Å²) >= 11 is 6.55. The van der Waals surface area contributed by atoms with Crippen molar-refractivity contribution < 1.29 is 33.0 Å². The zero-order valence-corrected chi connectivity index (χ0v) is 28.5. The number of hydrogen-bond donors (Lipinski definition) is 2. The van der Waals surface area contributed by atoms with E-state index in [1.165, 1.54) is 6.07 Å². The summed E-state index contributed by atoms with van der Waals surface area (Å²) < 4.78 is 36.6. The van der Waals surface area contributed by atoms with Gasteiger partial charge in [-0.25, -0.2) is 8.78 Å². The van der Waals surface area contributed by atoms with E-state index in [1.807, 2.05) is 35.9 Å². The zero-order chi connectivity index (χ0) is 34.7. The largest absolute Gasteiger partial charge is 0.481 e. The SMILES string of the molecule is Cn1cc(C(=O)Nc2cc(F)c(CC(=O)N3C[C@@H](N4CCN(CCF)CC4)C[C@H]3CO[C@H]3CC[C@H](C(=O)O)CC3)cc2Cl)c2ccccc21. The second-order valence-corrected chi connectivity index (χ2v) is 13.9. The van der Waals surface area contributed by atoms with Crippen LogP contribution in [-0.2, 0) is 27.8 Å². The summed E-state index contributed by atoms with van der Waals surface area (Å²) in [6.07, 6.45) is 4.58. The van der Waals surface area contributed by atoms with Crippen LogP contribution in [0, 0.1) is 11.7 Å². The molecule has 49 heavy (non-hydrogen) atoms. The normalized spacial score (nSPS) is 23.6. The van der Waals surface area contributed by atoms with Crippen LogP contribution in [0.15, 0.2) is 42.6 Å². The number of para-hydroxylation sites is 1. The van der Waals surface area contributed by atoms with Crippen molar-refractivity contribution in [1.82, 2.24) is 19.3 Å². The van der Waals surface area contributed by atoms with E-state index in [-0.39, 0.29) is 59.4 Å². The van der Waals surface area contributed by atoms with Crippen molar-refractivity contribution in [3.63, 3.8) is 0 Å². The van der Waals surface area contributed by atoms with Crippen LogP contribution in [0.1, 0.15) is 48.0 Å². The summed E-state index contributed by atoms with van der Waals surface area (Å²) in [6, 6.07) is 9.91. The van der Waals surface area contributed by atoms with Gasteiger partial charge in [0.2, 0.25) is 5.91 Å². The molecule has 2 atom stereocenters. The topological polar surface area (TPSA) is 107 Å². The molecule has 0 bridgehead atoms. The standard InChI is InChI=1S/C36H44ClF2N5O5/c1-41-21-29(28-4-2-3-5-33(28)41)35(46)40-32-19-31(39)24(16-30(32)37)17-34(45)44-20-25(43-14-12-42(11-10-38)13-15-43)18-26(44)22-49-27-8-6-23(7-9-27)36(47)48/h2-5,16,19,21,23,25-27H,6-15,17-18,20,22H2,1H3,(H,40,46)(H,47,48)/t23-,25-,26-,27-/m0/s1. The highest BCUT2D eigenvalue weighted by Gasteiger charge is 2.39. The third kappa shape index (κ3) is 8.09. The zero-order valence-electron chi connectivity index (χ0n) is 27.8. The number of fused-ring (bicyclic) bond motifs is 1. The molecule has 2 aliphatic heterocycles. The number of piperazine rings is 1. The third-order valence-corrected chi connectivity index (χ3v) is 10.8. The number of carbonyl (C=O) groups excluding carboxylic acids is 2. The van der Waals surface area contributed by atoms with E-state index in [4.69, 9.17) is 16.3 Å². The second-order valence-electron chi connectivity index (χ2n) is 13.5. The van der Waals surface area contributed by atoms with Gasteiger partial charge in [0.1, 0.15) is 12.5 Å². The van der Waals surface area contributed by atoms with Gasteiger partial charge in [0, 0.05) is 69.5 Å². The second kappa shape index (κ2) is 15.5. The van der Waals surface area contributed by atoms with Crippen LogP contribution in [0.25, 0.3) is 10.9 Å². The van der Waals surface area contributed by atoms with Gasteiger partial charge in [-0.15, -0.1) is 0 Å². The van der Waals surface area contributed by atoms with E-state index in [0.29, 0.717) is 57.4 Å². The Bertz CT molecular complexity index is 1670. The van der Waals surface area contributed by atoms with Crippen LogP contribution < -0.4 is 5.32 Å². The lowest BCUT2D eigenvalue weighted by Gasteiger charge is -2.37.